The fourth-order valence-electron chi connectivity index (χ4n) is 0.874. The lowest BCUT2D eigenvalue weighted by Crippen LogP contribution is -2.60. The molecule has 1 aliphatic rings. The molecule has 0 aliphatic carbocycles. The van der Waals surface area contributed by atoms with Crippen molar-refractivity contribution in [3.8, 4) is 0 Å². The second-order valence-electron chi connectivity index (χ2n) is 2.46. The highest BCUT2D eigenvalue weighted by molar-refractivity contribution is 4.87. The van der Waals surface area contributed by atoms with Crippen LogP contribution in [-0.4, -0.2) is 41.3 Å². The van der Waals surface area contributed by atoms with Crippen molar-refractivity contribution in [2.45, 2.75) is 24.5 Å². The normalized spacial score (nSPS) is 49.2. The maximum absolute atomic E-state index is 9.13. The van der Waals surface area contributed by atoms with Gasteiger partial charge in [0.05, 0.1) is 24.8 Å². The topological polar surface area (TPSA) is 102 Å². The summed E-state index contributed by atoms with van der Waals surface area (Å²) in [5.74, 6) is 0. The van der Waals surface area contributed by atoms with Crippen molar-refractivity contribution >= 4 is 0 Å². The first-order valence-corrected chi connectivity index (χ1v) is 3.12. The number of hydrogen-bond donors (Lipinski definition) is 4. The third-order valence-corrected chi connectivity index (χ3v) is 1.62. The second kappa shape index (κ2) is 2.81. The zero-order valence-electron chi connectivity index (χ0n) is 5.47. The van der Waals surface area contributed by atoms with E-state index in [2.05, 4.69) is 0 Å². The van der Waals surface area contributed by atoms with Gasteiger partial charge in [-0.05, 0) is 0 Å². The average Bonchev–Trinajstić information content (AvgIpc) is 1.93. The van der Waals surface area contributed by atoms with E-state index in [1.807, 2.05) is 0 Å². The summed E-state index contributed by atoms with van der Waals surface area (Å²) in [4.78, 5) is 0. The second-order valence-corrected chi connectivity index (χ2v) is 2.46. The van der Waals surface area contributed by atoms with Gasteiger partial charge in [0, 0.05) is 0 Å². The van der Waals surface area contributed by atoms with Crippen molar-refractivity contribution in [2.75, 3.05) is 6.61 Å². The largest absolute Gasteiger partial charge is 0.390 e. The number of ether oxygens (including phenoxy) is 1. The van der Waals surface area contributed by atoms with Gasteiger partial charge in [0.1, 0.15) is 0 Å². The Balaban J connectivity index is 2.52. The van der Waals surface area contributed by atoms with Crippen LogP contribution in [0.4, 0.5) is 0 Å². The zero-order chi connectivity index (χ0) is 7.72. The van der Waals surface area contributed by atoms with Gasteiger partial charge in [-0.1, -0.05) is 0 Å². The Morgan fingerprint density at radius 1 is 1.30 bits per heavy atom. The van der Waals surface area contributed by atoms with Crippen LogP contribution in [0.5, 0.6) is 0 Å². The lowest BCUT2D eigenvalue weighted by molar-refractivity contribution is -0.172. The molecular formula is C5H12N2O3. The predicted molar refractivity (Wildman–Crippen MR) is 33.9 cm³/mol. The van der Waals surface area contributed by atoms with Crippen LogP contribution in [0.25, 0.3) is 0 Å². The molecule has 1 heterocycles. The Morgan fingerprint density at radius 3 is 2.40 bits per heavy atom. The monoisotopic (exact) mass is 148 g/mol. The number of hydrogen-bond acceptors (Lipinski definition) is 5. The van der Waals surface area contributed by atoms with Crippen LogP contribution in [-0.2, 0) is 4.74 Å². The summed E-state index contributed by atoms with van der Waals surface area (Å²) >= 11 is 0. The molecule has 6 N–H and O–H groups in total. The van der Waals surface area contributed by atoms with E-state index in [1.165, 1.54) is 0 Å². The van der Waals surface area contributed by atoms with E-state index in [0.29, 0.717) is 0 Å². The third kappa shape index (κ3) is 1.28. The van der Waals surface area contributed by atoms with Crippen LogP contribution >= 0.6 is 0 Å². The van der Waals surface area contributed by atoms with Crippen molar-refractivity contribution < 1.29 is 14.9 Å². The first-order chi connectivity index (χ1) is 4.63. The fourth-order valence-corrected chi connectivity index (χ4v) is 0.874. The summed E-state index contributed by atoms with van der Waals surface area (Å²) in [6, 6.07) is -1.28. The predicted octanol–water partition coefficient (Wildman–Crippen LogP) is -2.65. The number of aliphatic hydroxyl groups is 2. The minimum atomic E-state index is -1.09. The lowest BCUT2D eigenvalue weighted by atomic mass is 10.0. The van der Waals surface area contributed by atoms with Crippen LogP contribution in [0.2, 0.25) is 0 Å². The first-order valence-electron chi connectivity index (χ1n) is 3.12. The van der Waals surface area contributed by atoms with Crippen LogP contribution in [0, 0.1) is 0 Å². The summed E-state index contributed by atoms with van der Waals surface area (Å²) in [6.45, 7) is 0.149. The summed E-state index contributed by atoms with van der Waals surface area (Å²) in [6.07, 6.45) is -1.96. The summed E-state index contributed by atoms with van der Waals surface area (Å²) in [7, 11) is 0. The Hall–Kier alpha value is -0.200. The SMILES string of the molecule is N[C@H]1[C@@H](O)[C@H](N)CO[C@@H]1O. The van der Waals surface area contributed by atoms with Gasteiger partial charge < -0.3 is 26.4 Å². The molecule has 1 fully saturated rings. The summed E-state index contributed by atoms with van der Waals surface area (Å²) in [5, 5.41) is 18.0. The van der Waals surface area contributed by atoms with E-state index in [0.717, 1.165) is 0 Å². The van der Waals surface area contributed by atoms with Gasteiger partial charge in [-0.2, -0.15) is 0 Å². The zero-order valence-corrected chi connectivity index (χ0v) is 5.47. The average molecular weight is 148 g/mol. The molecule has 10 heavy (non-hydrogen) atoms. The molecule has 5 heteroatoms. The molecule has 0 aromatic carbocycles. The van der Waals surface area contributed by atoms with Gasteiger partial charge in [-0.3, -0.25) is 0 Å². The number of rotatable bonds is 0. The molecule has 0 amide bonds. The standard InChI is InChI=1S/C5H12N2O3/c6-2-1-10-5(9)3(7)4(2)8/h2-5,8-9H,1,6-7H2/t2-,3+,4+,5+/m1/s1. The van der Waals surface area contributed by atoms with E-state index in [4.69, 9.17) is 26.4 Å². The van der Waals surface area contributed by atoms with Crippen LogP contribution in [0.3, 0.4) is 0 Å². The van der Waals surface area contributed by atoms with Crippen LogP contribution < -0.4 is 11.5 Å². The Morgan fingerprint density at radius 2 is 1.90 bits per heavy atom. The molecule has 0 aromatic heterocycles. The van der Waals surface area contributed by atoms with Gasteiger partial charge in [-0.15, -0.1) is 0 Å². The molecule has 5 nitrogen and oxygen atoms in total. The molecule has 1 saturated heterocycles. The molecule has 4 atom stereocenters. The highest BCUT2D eigenvalue weighted by Crippen LogP contribution is 2.09. The number of nitrogens with two attached hydrogens (primary N) is 2. The van der Waals surface area contributed by atoms with Gasteiger partial charge >= 0.3 is 0 Å². The maximum Gasteiger partial charge on any atom is 0.172 e. The van der Waals surface area contributed by atoms with E-state index in [1.54, 1.807) is 0 Å². The maximum atomic E-state index is 9.13. The van der Waals surface area contributed by atoms with Gasteiger partial charge in [0.2, 0.25) is 0 Å². The van der Waals surface area contributed by atoms with Crippen molar-refractivity contribution in [1.82, 2.24) is 0 Å². The van der Waals surface area contributed by atoms with Crippen molar-refractivity contribution in [3.63, 3.8) is 0 Å². The van der Waals surface area contributed by atoms with E-state index in [9.17, 15) is 0 Å². The van der Waals surface area contributed by atoms with E-state index < -0.39 is 24.5 Å². The molecule has 1 aliphatic heterocycles. The van der Waals surface area contributed by atoms with Gasteiger partial charge in [0.15, 0.2) is 6.29 Å². The van der Waals surface area contributed by atoms with Crippen molar-refractivity contribution in [3.05, 3.63) is 0 Å². The molecule has 0 aromatic rings. The third-order valence-electron chi connectivity index (χ3n) is 1.62. The van der Waals surface area contributed by atoms with Crippen molar-refractivity contribution in [1.29, 1.82) is 0 Å². The Bertz CT molecular complexity index is 107. The molecule has 0 saturated carbocycles. The van der Waals surface area contributed by atoms with E-state index in [-0.39, 0.29) is 6.61 Å². The lowest BCUT2D eigenvalue weighted by Gasteiger charge is -2.33. The van der Waals surface area contributed by atoms with Crippen LogP contribution in [0.1, 0.15) is 0 Å². The summed E-state index contributed by atoms with van der Waals surface area (Å²) < 4.78 is 4.72. The molecular weight excluding hydrogens is 136 g/mol. The molecule has 0 radical (unpaired) electrons. The highest BCUT2D eigenvalue weighted by atomic mass is 16.6. The Kier molecular flexibility index (Phi) is 2.22. The Labute approximate surface area is 58.6 Å². The molecule has 1 rings (SSSR count). The molecule has 0 spiro atoms. The van der Waals surface area contributed by atoms with Gasteiger partial charge in [-0.25, -0.2) is 0 Å². The quantitative estimate of drug-likeness (QED) is 0.300. The minimum absolute atomic E-state index is 0.149. The van der Waals surface area contributed by atoms with Crippen molar-refractivity contribution in [2.24, 2.45) is 11.5 Å². The fraction of sp³-hybridized carbons (Fsp3) is 1.00. The molecule has 0 unspecified atom stereocenters. The highest BCUT2D eigenvalue weighted by Gasteiger charge is 2.33. The summed E-state index contributed by atoms with van der Waals surface area (Å²) in [5.41, 5.74) is 10.7. The molecule has 60 valence electrons. The molecule has 0 bridgehead atoms. The van der Waals surface area contributed by atoms with Crippen LogP contribution in [0.15, 0.2) is 0 Å². The van der Waals surface area contributed by atoms with E-state index >= 15 is 0 Å². The minimum Gasteiger partial charge on any atom is -0.390 e. The van der Waals surface area contributed by atoms with Gasteiger partial charge in [0.25, 0.3) is 0 Å². The first kappa shape index (κ1) is 7.90. The number of aliphatic hydroxyl groups excluding tert-OH is 2. The smallest absolute Gasteiger partial charge is 0.172 e.